The van der Waals surface area contributed by atoms with Gasteiger partial charge < -0.3 is 14.8 Å². The van der Waals surface area contributed by atoms with E-state index >= 15 is 0 Å². The number of nitrogens with one attached hydrogen (secondary N) is 3. The second-order valence-corrected chi connectivity index (χ2v) is 11.2. The number of alkyl halides is 3. The maximum absolute atomic E-state index is 13.6. The molecule has 0 aromatic heterocycles. The number of rotatable bonds is 7. The fourth-order valence-electron chi connectivity index (χ4n) is 4.30. The highest BCUT2D eigenvalue weighted by Crippen LogP contribution is 2.24. The van der Waals surface area contributed by atoms with Gasteiger partial charge in [-0.05, 0) is 45.7 Å². The average Bonchev–Trinajstić information content (AvgIpc) is 2.83. The van der Waals surface area contributed by atoms with E-state index in [1.165, 1.54) is 12.1 Å². The van der Waals surface area contributed by atoms with Crippen molar-refractivity contribution in [2.75, 3.05) is 32.8 Å². The van der Waals surface area contributed by atoms with Crippen molar-refractivity contribution in [3.05, 3.63) is 29.0 Å². The number of carbonyl (C=O) groups is 4. The molecule has 2 aliphatic heterocycles. The Balaban J connectivity index is 1.54. The number of amides is 4. The lowest BCUT2D eigenvalue weighted by atomic mass is 9.97. The van der Waals surface area contributed by atoms with Gasteiger partial charge in [-0.2, -0.15) is 13.2 Å². The number of hydrogen-bond acceptors (Lipinski definition) is 7. The normalized spacial score (nSPS) is 20.0. The minimum absolute atomic E-state index is 0.0924. The summed E-state index contributed by atoms with van der Waals surface area (Å²) in [4.78, 5) is 52.8. The van der Waals surface area contributed by atoms with Gasteiger partial charge in [-0.15, -0.1) is 0 Å². The first-order valence-electron chi connectivity index (χ1n) is 12.8. The van der Waals surface area contributed by atoms with E-state index in [1.807, 2.05) is 0 Å². The molecule has 2 atom stereocenters. The molecule has 4 amide bonds. The largest absolute Gasteiger partial charge is 0.484 e. The Morgan fingerprint density at radius 1 is 1.02 bits per heavy atom. The predicted molar refractivity (Wildman–Crippen MR) is 137 cm³/mol. The molecule has 11 nitrogen and oxygen atoms in total. The van der Waals surface area contributed by atoms with Crippen molar-refractivity contribution in [3.8, 4) is 5.75 Å². The average molecular weight is 610 g/mol. The van der Waals surface area contributed by atoms with Gasteiger partial charge >= 0.3 is 12.3 Å². The lowest BCUT2D eigenvalue weighted by molar-refractivity contribution is -0.163. The molecular weight excluding hydrogens is 578 g/mol. The third kappa shape index (κ3) is 9.92. The van der Waals surface area contributed by atoms with E-state index in [0.717, 1.165) is 15.9 Å². The molecule has 0 saturated carbocycles. The highest BCUT2D eigenvalue weighted by atomic mass is 35.5. The van der Waals surface area contributed by atoms with E-state index < -0.39 is 72.6 Å². The summed E-state index contributed by atoms with van der Waals surface area (Å²) >= 11 is 5.63. The molecule has 2 saturated heterocycles. The first-order chi connectivity index (χ1) is 19.0. The first kappa shape index (κ1) is 32.2. The summed E-state index contributed by atoms with van der Waals surface area (Å²) in [5, 5.41) is 2.61. The van der Waals surface area contributed by atoms with Gasteiger partial charge in [0.25, 0.3) is 11.8 Å². The molecule has 0 unspecified atom stereocenters. The van der Waals surface area contributed by atoms with Crippen LogP contribution in [0, 0.1) is 11.7 Å². The fraction of sp³-hybridized carbons (Fsp3) is 0.600. The standard InChI is InChI=1S/C25H32ClF4N5O6/c1-24(2,3)41-23(39)35-11-15(31-20(36)12-40-16-5-6-17(26)18(27)8-16)4-7-19(35)22(38)33-32-21(37)14-9-34(10-14)13-25(28,29)30/h5-6,8,14-15,19H,4,7,9-13H2,1-3H3,(H,31,36)(H,32,37)(H,33,38)/t15-,19+/m0/s1. The zero-order valence-electron chi connectivity index (χ0n) is 22.6. The van der Waals surface area contributed by atoms with Crippen molar-refractivity contribution in [2.45, 2.75) is 57.5 Å². The molecule has 1 aromatic rings. The number of halogens is 5. The van der Waals surface area contributed by atoms with E-state index in [2.05, 4.69) is 16.2 Å². The summed E-state index contributed by atoms with van der Waals surface area (Å²) < 4.78 is 61.7. The smallest absolute Gasteiger partial charge is 0.411 e. The predicted octanol–water partition coefficient (Wildman–Crippen LogP) is 2.38. The van der Waals surface area contributed by atoms with Crippen molar-refractivity contribution in [2.24, 2.45) is 5.92 Å². The van der Waals surface area contributed by atoms with Crippen LogP contribution in [-0.2, 0) is 19.1 Å². The molecule has 2 aliphatic rings. The molecular formula is C25H32ClF4N5O6. The molecule has 3 rings (SSSR count). The van der Waals surface area contributed by atoms with Crippen LogP contribution in [0.1, 0.15) is 33.6 Å². The molecule has 228 valence electrons. The van der Waals surface area contributed by atoms with Crippen LogP contribution in [0.4, 0.5) is 22.4 Å². The minimum Gasteiger partial charge on any atom is -0.484 e. The topological polar surface area (TPSA) is 129 Å². The lowest BCUT2D eigenvalue weighted by Gasteiger charge is -2.40. The van der Waals surface area contributed by atoms with Gasteiger partial charge in [0.1, 0.15) is 23.2 Å². The zero-order chi connectivity index (χ0) is 30.5. The number of carbonyl (C=O) groups excluding carboxylic acids is 4. The fourth-order valence-corrected chi connectivity index (χ4v) is 4.41. The SMILES string of the molecule is CC(C)(C)OC(=O)N1C[C@@H](NC(=O)COc2ccc(Cl)c(F)c2)CC[C@@H]1C(=O)NNC(=O)C1CN(CC(F)(F)F)C1. The molecule has 2 heterocycles. The number of hydrogen-bond donors (Lipinski definition) is 3. The van der Waals surface area contributed by atoms with E-state index in [9.17, 15) is 36.7 Å². The molecule has 0 radical (unpaired) electrons. The zero-order valence-corrected chi connectivity index (χ0v) is 23.4. The summed E-state index contributed by atoms with van der Waals surface area (Å²) in [6, 6.07) is 2.08. The van der Waals surface area contributed by atoms with Crippen molar-refractivity contribution in [3.63, 3.8) is 0 Å². The molecule has 0 aliphatic carbocycles. The Bertz CT molecular complexity index is 1140. The molecule has 0 bridgehead atoms. The molecule has 2 fully saturated rings. The Morgan fingerprint density at radius 3 is 2.29 bits per heavy atom. The summed E-state index contributed by atoms with van der Waals surface area (Å²) in [5.41, 5.74) is 3.56. The molecule has 1 aromatic carbocycles. The van der Waals surface area contributed by atoms with Crippen molar-refractivity contribution in [1.82, 2.24) is 26.0 Å². The third-order valence-electron chi connectivity index (χ3n) is 6.18. The number of nitrogens with zero attached hydrogens (tertiary/aromatic N) is 2. The monoisotopic (exact) mass is 609 g/mol. The van der Waals surface area contributed by atoms with Crippen LogP contribution >= 0.6 is 11.6 Å². The maximum atomic E-state index is 13.6. The van der Waals surface area contributed by atoms with Crippen LogP contribution < -0.4 is 20.9 Å². The Kier molecular flexibility index (Phi) is 10.3. The summed E-state index contributed by atoms with van der Waals surface area (Å²) in [6.07, 6.45) is -4.82. The number of likely N-dealkylation sites (tertiary alicyclic amines) is 2. The van der Waals surface area contributed by atoms with Gasteiger partial charge in [0, 0.05) is 31.7 Å². The van der Waals surface area contributed by atoms with Crippen molar-refractivity contribution in [1.29, 1.82) is 0 Å². The minimum atomic E-state index is -4.37. The maximum Gasteiger partial charge on any atom is 0.411 e. The van der Waals surface area contributed by atoms with Gasteiger partial charge in [0.15, 0.2) is 6.61 Å². The highest BCUT2D eigenvalue weighted by Gasteiger charge is 2.41. The van der Waals surface area contributed by atoms with Crippen molar-refractivity contribution >= 4 is 35.4 Å². The summed E-state index contributed by atoms with van der Waals surface area (Å²) in [6.45, 7) is 3.04. The second-order valence-electron chi connectivity index (χ2n) is 10.8. The van der Waals surface area contributed by atoms with Crippen LogP contribution in [0.5, 0.6) is 5.75 Å². The number of benzene rings is 1. The van der Waals surface area contributed by atoms with Crippen molar-refractivity contribution < 1.29 is 46.2 Å². The van der Waals surface area contributed by atoms with Crippen LogP contribution in [-0.4, -0.2) is 90.3 Å². The van der Waals surface area contributed by atoms with Crippen LogP contribution in [0.2, 0.25) is 5.02 Å². The summed E-state index contributed by atoms with van der Waals surface area (Å²) in [7, 11) is 0. The Hall–Kier alpha value is -3.33. The van der Waals surface area contributed by atoms with Crippen LogP contribution in [0.3, 0.4) is 0 Å². The van der Waals surface area contributed by atoms with Crippen LogP contribution in [0.15, 0.2) is 18.2 Å². The Morgan fingerprint density at radius 2 is 1.68 bits per heavy atom. The third-order valence-corrected chi connectivity index (χ3v) is 6.48. The quantitative estimate of drug-likeness (QED) is 0.320. The molecule has 16 heteroatoms. The first-order valence-corrected chi connectivity index (χ1v) is 13.1. The van der Waals surface area contributed by atoms with Gasteiger partial charge in [0.2, 0.25) is 5.91 Å². The molecule has 3 N–H and O–H groups in total. The Labute approximate surface area is 238 Å². The van der Waals surface area contributed by atoms with Gasteiger partial charge in [-0.1, -0.05) is 11.6 Å². The number of ether oxygens (including phenoxy) is 2. The van der Waals surface area contributed by atoms with E-state index in [-0.39, 0.29) is 43.2 Å². The number of piperidine rings is 1. The van der Waals surface area contributed by atoms with E-state index in [4.69, 9.17) is 21.1 Å². The second kappa shape index (κ2) is 13.1. The van der Waals surface area contributed by atoms with E-state index in [0.29, 0.717) is 0 Å². The molecule has 0 spiro atoms. The van der Waals surface area contributed by atoms with Gasteiger partial charge in [-0.3, -0.25) is 35.0 Å². The van der Waals surface area contributed by atoms with Gasteiger partial charge in [-0.25, -0.2) is 9.18 Å². The number of hydrazine groups is 1. The highest BCUT2D eigenvalue weighted by molar-refractivity contribution is 6.30. The van der Waals surface area contributed by atoms with Gasteiger partial charge in [0.05, 0.1) is 17.5 Å². The van der Waals surface area contributed by atoms with E-state index in [1.54, 1.807) is 20.8 Å². The lowest BCUT2D eigenvalue weighted by Crippen LogP contribution is -2.62. The van der Waals surface area contributed by atoms with Crippen LogP contribution in [0.25, 0.3) is 0 Å². The summed E-state index contributed by atoms with van der Waals surface area (Å²) in [5.74, 6) is -3.27. The molecule has 41 heavy (non-hydrogen) atoms.